The Balaban J connectivity index is 2.11. The molecular formula is C14H16FN3. The van der Waals surface area contributed by atoms with Gasteiger partial charge in [0.05, 0.1) is 5.69 Å². The van der Waals surface area contributed by atoms with Gasteiger partial charge in [0.15, 0.2) is 0 Å². The molecule has 2 aromatic rings. The minimum Gasteiger partial charge on any atom is -0.355 e. The third kappa shape index (κ3) is 3.05. The average molecular weight is 245 g/mol. The van der Waals surface area contributed by atoms with E-state index in [4.69, 9.17) is 5.73 Å². The molecule has 2 N–H and O–H groups in total. The van der Waals surface area contributed by atoms with Gasteiger partial charge in [-0.05, 0) is 29.8 Å². The Hall–Kier alpha value is -1.94. The highest BCUT2D eigenvalue weighted by molar-refractivity contribution is 5.39. The van der Waals surface area contributed by atoms with Crippen molar-refractivity contribution in [3.8, 4) is 0 Å². The predicted molar refractivity (Wildman–Crippen MR) is 70.6 cm³/mol. The molecular weight excluding hydrogens is 229 g/mol. The summed E-state index contributed by atoms with van der Waals surface area (Å²) in [6.07, 6.45) is 0. The number of hydrogen-bond donors (Lipinski definition) is 1. The summed E-state index contributed by atoms with van der Waals surface area (Å²) in [5, 5.41) is 0. The Morgan fingerprint density at radius 1 is 1.17 bits per heavy atom. The zero-order chi connectivity index (χ0) is 13.0. The molecule has 3 nitrogen and oxygen atoms in total. The molecule has 0 aliphatic rings. The third-order valence-electron chi connectivity index (χ3n) is 2.73. The molecule has 0 fully saturated rings. The number of rotatable bonds is 4. The van der Waals surface area contributed by atoms with E-state index in [0.29, 0.717) is 13.1 Å². The lowest BCUT2D eigenvalue weighted by Gasteiger charge is -2.18. The minimum atomic E-state index is -0.218. The minimum absolute atomic E-state index is 0.218. The Labute approximate surface area is 106 Å². The molecule has 2 rings (SSSR count). The van der Waals surface area contributed by atoms with Gasteiger partial charge in [-0.2, -0.15) is 0 Å². The van der Waals surface area contributed by atoms with Gasteiger partial charge in [-0.3, -0.25) is 0 Å². The summed E-state index contributed by atoms with van der Waals surface area (Å²) in [7, 11) is 1.95. The van der Waals surface area contributed by atoms with Crippen LogP contribution in [0, 0.1) is 5.82 Å². The van der Waals surface area contributed by atoms with Crippen LogP contribution in [0.5, 0.6) is 0 Å². The monoisotopic (exact) mass is 245 g/mol. The smallest absolute Gasteiger partial charge is 0.128 e. The van der Waals surface area contributed by atoms with E-state index in [1.165, 1.54) is 12.1 Å². The number of hydrogen-bond acceptors (Lipinski definition) is 3. The zero-order valence-electron chi connectivity index (χ0n) is 10.3. The van der Waals surface area contributed by atoms with Crippen LogP contribution in [-0.2, 0) is 13.1 Å². The van der Waals surface area contributed by atoms with Crippen molar-refractivity contribution in [1.29, 1.82) is 0 Å². The highest BCUT2D eigenvalue weighted by atomic mass is 19.1. The van der Waals surface area contributed by atoms with Crippen LogP contribution in [0.4, 0.5) is 10.2 Å². The molecule has 1 aromatic carbocycles. The molecule has 0 aliphatic heterocycles. The van der Waals surface area contributed by atoms with Crippen LogP contribution in [0.3, 0.4) is 0 Å². The topological polar surface area (TPSA) is 42.1 Å². The van der Waals surface area contributed by atoms with Crippen molar-refractivity contribution in [2.75, 3.05) is 11.9 Å². The van der Waals surface area contributed by atoms with Gasteiger partial charge >= 0.3 is 0 Å². The molecule has 0 amide bonds. The van der Waals surface area contributed by atoms with Crippen LogP contribution >= 0.6 is 0 Å². The molecule has 0 aliphatic carbocycles. The van der Waals surface area contributed by atoms with Crippen LogP contribution in [0.25, 0.3) is 0 Å². The van der Waals surface area contributed by atoms with Crippen LogP contribution in [-0.4, -0.2) is 12.0 Å². The predicted octanol–water partition coefficient (Wildman–Crippen LogP) is 2.32. The fourth-order valence-corrected chi connectivity index (χ4v) is 1.74. The molecule has 18 heavy (non-hydrogen) atoms. The highest BCUT2D eigenvalue weighted by Gasteiger charge is 2.04. The summed E-state index contributed by atoms with van der Waals surface area (Å²) in [6, 6.07) is 12.3. The number of benzene rings is 1. The van der Waals surface area contributed by atoms with Crippen molar-refractivity contribution in [1.82, 2.24) is 4.98 Å². The number of aromatic nitrogens is 1. The Morgan fingerprint density at radius 2 is 1.89 bits per heavy atom. The van der Waals surface area contributed by atoms with Gasteiger partial charge in [0, 0.05) is 20.1 Å². The van der Waals surface area contributed by atoms with E-state index < -0.39 is 0 Å². The summed E-state index contributed by atoms with van der Waals surface area (Å²) in [5.41, 5.74) is 7.47. The maximum atomic E-state index is 12.8. The van der Waals surface area contributed by atoms with Gasteiger partial charge in [0.1, 0.15) is 11.6 Å². The zero-order valence-corrected chi connectivity index (χ0v) is 10.3. The number of pyridine rings is 1. The van der Waals surface area contributed by atoms with E-state index >= 15 is 0 Å². The lowest BCUT2D eigenvalue weighted by atomic mass is 10.2. The summed E-state index contributed by atoms with van der Waals surface area (Å²) in [4.78, 5) is 6.44. The van der Waals surface area contributed by atoms with Crippen LogP contribution in [0.2, 0.25) is 0 Å². The lowest BCUT2D eigenvalue weighted by molar-refractivity contribution is 0.627. The van der Waals surface area contributed by atoms with Crippen LogP contribution in [0.1, 0.15) is 11.3 Å². The van der Waals surface area contributed by atoms with E-state index in [2.05, 4.69) is 4.98 Å². The fourth-order valence-electron chi connectivity index (χ4n) is 1.74. The van der Waals surface area contributed by atoms with E-state index in [1.54, 1.807) is 12.1 Å². The maximum Gasteiger partial charge on any atom is 0.128 e. The number of nitrogens with zero attached hydrogens (tertiary/aromatic N) is 2. The van der Waals surface area contributed by atoms with Crippen molar-refractivity contribution >= 4 is 5.82 Å². The summed E-state index contributed by atoms with van der Waals surface area (Å²) < 4.78 is 12.8. The van der Waals surface area contributed by atoms with Crippen molar-refractivity contribution in [2.24, 2.45) is 5.73 Å². The van der Waals surface area contributed by atoms with E-state index in [-0.39, 0.29) is 5.82 Å². The molecule has 4 heteroatoms. The van der Waals surface area contributed by atoms with Gasteiger partial charge < -0.3 is 10.6 Å². The summed E-state index contributed by atoms with van der Waals surface area (Å²) in [6.45, 7) is 1.11. The number of halogens is 1. The molecule has 0 saturated heterocycles. The second-order valence-corrected chi connectivity index (χ2v) is 4.17. The average Bonchev–Trinajstić information content (AvgIpc) is 2.41. The second-order valence-electron chi connectivity index (χ2n) is 4.17. The first kappa shape index (κ1) is 12.5. The van der Waals surface area contributed by atoms with Gasteiger partial charge in [-0.15, -0.1) is 0 Å². The highest BCUT2D eigenvalue weighted by Crippen LogP contribution is 2.13. The van der Waals surface area contributed by atoms with E-state index in [9.17, 15) is 4.39 Å². The van der Waals surface area contributed by atoms with Crippen LogP contribution in [0.15, 0.2) is 42.5 Å². The summed E-state index contributed by atoms with van der Waals surface area (Å²) >= 11 is 0. The van der Waals surface area contributed by atoms with Crippen molar-refractivity contribution < 1.29 is 4.39 Å². The number of anilines is 1. The fraction of sp³-hybridized carbons (Fsp3) is 0.214. The first-order valence-corrected chi connectivity index (χ1v) is 5.80. The van der Waals surface area contributed by atoms with Gasteiger partial charge in [0.25, 0.3) is 0 Å². The summed E-state index contributed by atoms with van der Waals surface area (Å²) in [5.74, 6) is 0.645. The lowest BCUT2D eigenvalue weighted by Crippen LogP contribution is -2.18. The molecule has 0 unspecified atom stereocenters. The molecule has 1 heterocycles. The van der Waals surface area contributed by atoms with Crippen molar-refractivity contribution in [2.45, 2.75) is 13.1 Å². The van der Waals surface area contributed by atoms with Gasteiger partial charge in [0.2, 0.25) is 0 Å². The van der Waals surface area contributed by atoms with Gasteiger partial charge in [-0.25, -0.2) is 9.37 Å². The van der Waals surface area contributed by atoms with Crippen LogP contribution < -0.4 is 10.6 Å². The first-order valence-electron chi connectivity index (χ1n) is 5.80. The molecule has 0 atom stereocenters. The van der Waals surface area contributed by atoms with E-state index in [1.807, 2.05) is 30.1 Å². The van der Waals surface area contributed by atoms with Crippen molar-refractivity contribution in [3.05, 3.63) is 59.5 Å². The maximum absolute atomic E-state index is 12.8. The Morgan fingerprint density at radius 3 is 2.56 bits per heavy atom. The molecule has 94 valence electrons. The Kier molecular flexibility index (Phi) is 3.89. The largest absolute Gasteiger partial charge is 0.355 e. The molecule has 0 spiro atoms. The molecule has 0 radical (unpaired) electrons. The molecule has 0 saturated carbocycles. The standard InChI is InChI=1S/C14H16FN3/c1-18(10-11-5-7-12(15)8-6-11)14-4-2-3-13(9-16)17-14/h2-8H,9-10,16H2,1H3. The van der Waals surface area contributed by atoms with Crippen molar-refractivity contribution in [3.63, 3.8) is 0 Å². The second kappa shape index (κ2) is 5.60. The first-order chi connectivity index (χ1) is 8.69. The quantitative estimate of drug-likeness (QED) is 0.898. The SMILES string of the molecule is CN(Cc1ccc(F)cc1)c1cccc(CN)n1. The Bertz CT molecular complexity index is 511. The molecule has 1 aromatic heterocycles. The van der Waals surface area contributed by atoms with Gasteiger partial charge in [-0.1, -0.05) is 18.2 Å². The van der Waals surface area contributed by atoms with E-state index in [0.717, 1.165) is 17.1 Å². The third-order valence-corrected chi connectivity index (χ3v) is 2.73. The normalized spacial score (nSPS) is 10.4. The number of nitrogens with two attached hydrogens (primary N) is 1. The molecule has 0 bridgehead atoms.